The van der Waals surface area contributed by atoms with Gasteiger partial charge in [-0.1, -0.05) is 115 Å². The number of ketones is 8. The van der Waals surface area contributed by atoms with Crippen LogP contribution in [-0.2, 0) is 9.47 Å². The Labute approximate surface area is 624 Å². The van der Waals surface area contributed by atoms with Crippen LogP contribution < -0.4 is 37.9 Å². The molecule has 0 spiro atoms. The van der Waals surface area contributed by atoms with E-state index in [0.29, 0.717) is 57.7 Å². The van der Waals surface area contributed by atoms with Gasteiger partial charge in [-0.05, 0) is 205 Å². The second-order valence-electron chi connectivity index (χ2n) is 22.4. The molecule has 0 saturated heterocycles. The molecule has 10 aromatic rings. The van der Waals surface area contributed by atoms with E-state index in [2.05, 4.69) is 9.47 Å². The topological polar surface area (TPSA) is 229 Å². The molecule has 0 aliphatic heterocycles. The first kappa shape index (κ1) is 90.0. The van der Waals surface area contributed by atoms with Crippen LogP contribution in [0.1, 0.15) is 138 Å². The van der Waals surface area contributed by atoms with E-state index in [-0.39, 0.29) is 46.3 Å². The summed E-state index contributed by atoms with van der Waals surface area (Å²) in [6.45, 7) is 13.5. The van der Waals surface area contributed by atoms with Crippen molar-refractivity contribution in [3.8, 4) is 68.2 Å². The van der Waals surface area contributed by atoms with E-state index in [0.717, 1.165) is 46.0 Å². The molecular formula is C88H98O18. The van der Waals surface area contributed by atoms with Gasteiger partial charge >= 0.3 is 0 Å². The predicted molar refractivity (Wildman–Crippen MR) is 419 cm³/mol. The lowest BCUT2D eigenvalue weighted by Gasteiger charge is -2.05. The van der Waals surface area contributed by atoms with E-state index in [9.17, 15) is 38.4 Å². The summed E-state index contributed by atoms with van der Waals surface area (Å²) in [5.41, 5.74) is 9.83. The van der Waals surface area contributed by atoms with Gasteiger partial charge in [0, 0.05) is 58.7 Å². The van der Waals surface area contributed by atoms with E-state index in [4.69, 9.17) is 37.9 Å². The molecule has 0 unspecified atom stereocenters. The van der Waals surface area contributed by atoms with Crippen molar-refractivity contribution in [3.63, 3.8) is 0 Å². The van der Waals surface area contributed by atoms with Gasteiger partial charge in [0.1, 0.15) is 46.0 Å². The highest BCUT2D eigenvalue weighted by molar-refractivity contribution is 6.00. The highest BCUT2D eigenvalue weighted by Gasteiger charge is 2.07. The number of carbonyl (C=O) groups is 8. The molecule has 558 valence electrons. The number of benzene rings is 10. The Hall–Kier alpha value is -12.1. The van der Waals surface area contributed by atoms with E-state index in [1.165, 1.54) is 63.8 Å². The molecule has 106 heavy (non-hydrogen) atoms. The fourth-order valence-electron chi connectivity index (χ4n) is 8.50. The third-order valence-electron chi connectivity index (χ3n) is 14.9. The largest absolute Gasteiger partial charge is 0.497 e. The van der Waals surface area contributed by atoms with Gasteiger partial charge in [0.15, 0.2) is 46.3 Å². The first-order valence-corrected chi connectivity index (χ1v) is 33.1. The monoisotopic (exact) mass is 1440 g/mol. The zero-order valence-corrected chi connectivity index (χ0v) is 63.9. The normalized spacial score (nSPS) is 9.49. The van der Waals surface area contributed by atoms with Gasteiger partial charge in [-0.25, -0.2) is 0 Å². The van der Waals surface area contributed by atoms with Gasteiger partial charge < -0.3 is 47.4 Å². The number of ether oxygens (including phenoxy) is 10. The van der Waals surface area contributed by atoms with Crippen molar-refractivity contribution in [2.24, 2.45) is 0 Å². The molecule has 0 N–H and O–H groups in total. The van der Waals surface area contributed by atoms with Crippen LogP contribution in [0.15, 0.2) is 243 Å². The minimum Gasteiger partial charge on any atom is -0.497 e. The van der Waals surface area contributed by atoms with Crippen LogP contribution in [0.3, 0.4) is 0 Å². The maximum atomic E-state index is 10.9. The average molecular weight is 1440 g/mol. The summed E-state index contributed by atoms with van der Waals surface area (Å²) in [5, 5.41) is 0. The summed E-state index contributed by atoms with van der Waals surface area (Å²) in [6, 6.07) is 73.6. The number of hydrogen-bond acceptors (Lipinski definition) is 18. The van der Waals surface area contributed by atoms with Gasteiger partial charge in [0.05, 0.1) is 70.1 Å². The number of Topliss-reactive ketones (excluding diaryl/α,β-unsaturated/α-hetero) is 8. The first-order chi connectivity index (χ1) is 50.7. The van der Waals surface area contributed by atoms with Crippen molar-refractivity contribution in [3.05, 3.63) is 287 Å². The van der Waals surface area contributed by atoms with Crippen LogP contribution in [0, 0.1) is 0 Å². The summed E-state index contributed by atoms with van der Waals surface area (Å²) in [7, 11) is 16.5. The molecule has 0 aliphatic rings. The van der Waals surface area contributed by atoms with Gasteiger partial charge in [-0.3, -0.25) is 38.4 Å². The summed E-state index contributed by atoms with van der Waals surface area (Å²) in [6.07, 6.45) is 0. The Morgan fingerprint density at radius 2 is 0.321 bits per heavy atom. The third kappa shape index (κ3) is 35.2. The van der Waals surface area contributed by atoms with Crippen molar-refractivity contribution in [1.82, 2.24) is 0 Å². The van der Waals surface area contributed by atoms with Crippen molar-refractivity contribution < 1.29 is 85.7 Å². The Morgan fingerprint density at radius 3 is 0.453 bits per heavy atom. The Balaban J connectivity index is 0.000000409. The lowest BCUT2D eigenvalue weighted by molar-refractivity contribution is 0.1000. The maximum absolute atomic E-state index is 10.9. The van der Waals surface area contributed by atoms with Crippen LogP contribution in [0.25, 0.3) is 22.3 Å². The molecule has 10 rings (SSSR count). The second kappa shape index (κ2) is 51.1. The summed E-state index contributed by atoms with van der Waals surface area (Å²) >= 11 is 0. The smallest absolute Gasteiger partial charge is 0.159 e. The molecule has 18 nitrogen and oxygen atoms in total. The highest BCUT2D eigenvalue weighted by Crippen LogP contribution is 2.26. The lowest BCUT2D eigenvalue weighted by Crippen LogP contribution is -1.96. The van der Waals surface area contributed by atoms with Gasteiger partial charge in [0.2, 0.25) is 0 Å². The molecule has 0 aromatic heterocycles. The van der Waals surface area contributed by atoms with Crippen molar-refractivity contribution in [2.45, 2.75) is 55.4 Å². The zero-order valence-electron chi connectivity index (χ0n) is 63.9. The van der Waals surface area contributed by atoms with Crippen molar-refractivity contribution >= 4 is 46.3 Å². The van der Waals surface area contributed by atoms with E-state index in [1.807, 2.05) is 121 Å². The molecule has 0 amide bonds. The number of methoxy groups -OCH3 is 10. The molecule has 18 heteroatoms. The minimum absolute atomic E-state index is 0.0156. The van der Waals surface area contributed by atoms with E-state index >= 15 is 0 Å². The van der Waals surface area contributed by atoms with Gasteiger partial charge in [-0.15, -0.1) is 0 Å². The average Bonchev–Trinajstić information content (AvgIpc) is 0.900. The SMILES string of the molecule is CC(=O)c1ccc(C(C)=O)cc1.CC(=O)c1ccc(C(C)=O)cc1.CC(=O)c1cccc(C(C)=O)c1.COCCOC.COc1ccc(-c2ccc(OC)cc2)cc1.COc1ccc(-c2ccc(OC)cc2)cc1.COc1ccc(C(C)=O)cc1.COc1ccc(C(C)=O)cc1.COc1ccc(OC)cc1. The van der Waals surface area contributed by atoms with Crippen LogP contribution in [-0.4, -0.2) is 131 Å². The molecule has 10 aromatic carbocycles. The highest BCUT2D eigenvalue weighted by atomic mass is 16.5. The van der Waals surface area contributed by atoms with Crippen LogP contribution in [0.4, 0.5) is 0 Å². The number of hydrogen-bond donors (Lipinski definition) is 0. The fraction of sp³-hybridized carbons (Fsp3) is 0.227. The fourth-order valence-corrected chi connectivity index (χ4v) is 8.50. The molecule has 0 aliphatic carbocycles. The van der Waals surface area contributed by atoms with Crippen LogP contribution in [0.5, 0.6) is 46.0 Å². The van der Waals surface area contributed by atoms with Gasteiger partial charge in [0.25, 0.3) is 0 Å². The molecule has 0 atom stereocenters. The standard InChI is InChI=1S/2C14H14O2.3C10H10O2.2C9H10O2.C8H10O2.C4H10O2/c2*1-15-13-7-3-11(4-8-13)12-5-9-14(16-2)10-6-12;2*1-7(11)9-3-5-10(6-4-9)8(2)12;1-7(11)9-4-3-5-10(6-9)8(2)12;2*1-7(10)8-3-5-9(11-2)6-4-8;1-9-7-3-5-8(10-2)6-4-7;1-5-3-4-6-2/h2*3-10H,1-2H3;3*3-6H,1-2H3;2*3-6H,1-2H3;3-6H,1-2H3;3-4H2,1-2H3. The van der Waals surface area contributed by atoms with E-state index in [1.54, 1.807) is 206 Å². The molecule has 0 radical (unpaired) electrons. The first-order valence-electron chi connectivity index (χ1n) is 33.1. The van der Waals surface area contributed by atoms with E-state index < -0.39 is 0 Å². The summed E-state index contributed by atoms with van der Waals surface area (Å²) in [4.78, 5) is 86.8. The van der Waals surface area contributed by atoms with Crippen LogP contribution >= 0.6 is 0 Å². The predicted octanol–water partition coefficient (Wildman–Crippen LogP) is 18.8. The number of carbonyl (C=O) groups excluding carboxylic acids is 8. The Morgan fingerprint density at radius 1 is 0.189 bits per heavy atom. The molecule has 0 heterocycles. The summed E-state index contributed by atoms with van der Waals surface area (Å²) < 4.78 is 49.6. The molecule has 0 bridgehead atoms. The van der Waals surface area contributed by atoms with Crippen molar-refractivity contribution in [2.75, 3.05) is 84.3 Å². The summed E-state index contributed by atoms with van der Waals surface area (Å²) in [5.74, 6) is 6.93. The van der Waals surface area contributed by atoms with Crippen molar-refractivity contribution in [1.29, 1.82) is 0 Å². The second-order valence-corrected chi connectivity index (χ2v) is 22.4. The molecule has 0 saturated carbocycles. The van der Waals surface area contributed by atoms with Gasteiger partial charge in [-0.2, -0.15) is 0 Å². The number of rotatable bonds is 21. The van der Waals surface area contributed by atoms with Crippen LogP contribution in [0.2, 0.25) is 0 Å². The lowest BCUT2D eigenvalue weighted by atomic mass is 10.1. The molecule has 0 fully saturated rings. The maximum Gasteiger partial charge on any atom is 0.159 e. The third-order valence-corrected chi connectivity index (χ3v) is 14.9. The Bertz CT molecular complexity index is 3800. The minimum atomic E-state index is -0.0156. The Kier molecular flexibility index (Phi) is 43.4. The quantitative estimate of drug-likeness (QED) is 0.0481. The molecular weight excluding hydrogens is 1340 g/mol. The zero-order chi connectivity index (χ0) is 78.9.